The molecule has 2 aliphatic rings. The van der Waals surface area contributed by atoms with E-state index >= 15 is 0 Å². The number of fused-ring (bicyclic) bond motifs is 2. The van der Waals surface area contributed by atoms with Gasteiger partial charge in [0.2, 0.25) is 5.91 Å². The van der Waals surface area contributed by atoms with Gasteiger partial charge in [0, 0.05) is 61.8 Å². The minimum atomic E-state index is -0.190. The van der Waals surface area contributed by atoms with Crippen molar-refractivity contribution in [2.24, 2.45) is 5.92 Å². The molecule has 1 atom stereocenters. The summed E-state index contributed by atoms with van der Waals surface area (Å²) in [7, 11) is 0. The van der Waals surface area contributed by atoms with Crippen LogP contribution in [0.5, 0.6) is 0 Å². The van der Waals surface area contributed by atoms with E-state index in [9.17, 15) is 14.4 Å². The number of aromatic nitrogens is 4. The molecule has 1 aliphatic carbocycles. The van der Waals surface area contributed by atoms with Gasteiger partial charge in [-0.2, -0.15) is 5.10 Å². The number of amides is 3. The Morgan fingerprint density at radius 1 is 1.15 bits per heavy atom. The molecule has 10 heteroatoms. The molecular formula is C29H39N7O3. The lowest BCUT2D eigenvalue weighted by molar-refractivity contribution is -0.122. The minimum Gasteiger partial charge on any atom is -0.353 e. The van der Waals surface area contributed by atoms with Crippen LogP contribution in [0.4, 0.5) is 0 Å². The lowest BCUT2D eigenvalue weighted by Gasteiger charge is -2.25. The molecule has 1 aliphatic heterocycles. The SMILES string of the molecule is Cc1cccc2nc(C(=O)N3CCCNC(=O)c4nn(CCC(C)C)c5c4CC(CC5)NC(=O)CCC3)cn12. The van der Waals surface area contributed by atoms with Gasteiger partial charge < -0.3 is 19.9 Å². The molecule has 0 saturated carbocycles. The summed E-state index contributed by atoms with van der Waals surface area (Å²) in [5, 5.41) is 10.9. The van der Waals surface area contributed by atoms with Crippen LogP contribution in [0.1, 0.15) is 83.9 Å². The summed E-state index contributed by atoms with van der Waals surface area (Å²) in [6, 6.07) is 5.75. The molecule has 3 aromatic rings. The first-order chi connectivity index (χ1) is 18.8. The van der Waals surface area contributed by atoms with Gasteiger partial charge in [0.05, 0.1) is 0 Å². The third-order valence-corrected chi connectivity index (χ3v) is 7.77. The van der Waals surface area contributed by atoms with Crippen LogP contribution >= 0.6 is 0 Å². The smallest absolute Gasteiger partial charge is 0.274 e. The van der Waals surface area contributed by atoms with Crippen LogP contribution in [0.25, 0.3) is 5.65 Å². The van der Waals surface area contributed by atoms with Crippen molar-refractivity contribution in [3.8, 4) is 0 Å². The molecule has 3 amide bonds. The van der Waals surface area contributed by atoms with E-state index in [2.05, 4.69) is 29.5 Å². The normalized spacial score (nSPS) is 19.0. The number of hydrogen-bond acceptors (Lipinski definition) is 5. The summed E-state index contributed by atoms with van der Waals surface area (Å²) in [5.41, 5.74) is 4.65. The standard InChI is InChI=1S/C29H39N7O3/c1-19(2)12-16-36-24-11-10-21-17-22(24)27(33-36)28(38)30-13-6-15-34(14-5-9-26(37)31-21)29(39)23-18-35-20(3)7-4-8-25(35)32-23/h4,7-8,18-19,21H,5-6,9-17H2,1-3H3,(H,30,38)(H,31,37). The molecular weight excluding hydrogens is 494 g/mol. The van der Waals surface area contributed by atoms with Crippen molar-refractivity contribution in [1.82, 2.24) is 34.7 Å². The third kappa shape index (κ3) is 5.99. The summed E-state index contributed by atoms with van der Waals surface area (Å²) in [6.45, 7) is 8.46. The molecule has 208 valence electrons. The van der Waals surface area contributed by atoms with Crippen LogP contribution in [0.3, 0.4) is 0 Å². The first-order valence-electron chi connectivity index (χ1n) is 14.2. The third-order valence-electron chi connectivity index (χ3n) is 7.77. The monoisotopic (exact) mass is 533 g/mol. The van der Waals surface area contributed by atoms with E-state index in [0.717, 1.165) is 48.4 Å². The Morgan fingerprint density at radius 2 is 1.97 bits per heavy atom. The Balaban J connectivity index is 1.34. The molecule has 0 saturated heterocycles. The predicted octanol–water partition coefficient (Wildman–Crippen LogP) is 2.91. The maximum absolute atomic E-state index is 13.5. The number of aryl methyl sites for hydroxylation is 2. The van der Waals surface area contributed by atoms with Crippen LogP contribution < -0.4 is 10.6 Å². The quantitative estimate of drug-likeness (QED) is 0.535. The fourth-order valence-electron chi connectivity index (χ4n) is 5.57. The fraction of sp³-hybridized carbons (Fsp3) is 0.552. The first-order valence-corrected chi connectivity index (χ1v) is 14.2. The maximum Gasteiger partial charge on any atom is 0.274 e. The van der Waals surface area contributed by atoms with Gasteiger partial charge in [0.25, 0.3) is 11.8 Å². The van der Waals surface area contributed by atoms with Crippen molar-refractivity contribution in [2.75, 3.05) is 19.6 Å². The van der Waals surface area contributed by atoms with E-state index in [4.69, 9.17) is 5.10 Å². The molecule has 39 heavy (non-hydrogen) atoms. The second kappa shape index (κ2) is 11.6. The van der Waals surface area contributed by atoms with Crippen molar-refractivity contribution in [3.63, 3.8) is 0 Å². The largest absolute Gasteiger partial charge is 0.353 e. The van der Waals surface area contributed by atoms with Gasteiger partial charge in [-0.25, -0.2) is 4.98 Å². The highest BCUT2D eigenvalue weighted by molar-refractivity contribution is 5.94. The van der Waals surface area contributed by atoms with Crippen LogP contribution in [-0.2, 0) is 24.2 Å². The average Bonchev–Trinajstić information content (AvgIpc) is 3.50. The van der Waals surface area contributed by atoms with Crippen molar-refractivity contribution in [2.45, 2.75) is 78.3 Å². The maximum atomic E-state index is 13.5. The van der Waals surface area contributed by atoms with Crippen molar-refractivity contribution < 1.29 is 14.4 Å². The second-order valence-electron chi connectivity index (χ2n) is 11.2. The topological polar surface area (TPSA) is 114 Å². The highest BCUT2D eigenvalue weighted by atomic mass is 16.2. The van der Waals surface area contributed by atoms with E-state index in [1.807, 2.05) is 34.2 Å². The van der Waals surface area contributed by atoms with Crippen LogP contribution in [0.15, 0.2) is 24.4 Å². The highest BCUT2D eigenvalue weighted by Gasteiger charge is 2.30. The molecule has 3 aromatic heterocycles. The fourth-order valence-corrected chi connectivity index (χ4v) is 5.57. The zero-order valence-electron chi connectivity index (χ0n) is 23.2. The minimum absolute atomic E-state index is 0.0210. The summed E-state index contributed by atoms with van der Waals surface area (Å²) >= 11 is 0. The predicted molar refractivity (Wildman–Crippen MR) is 148 cm³/mol. The number of nitrogens with zero attached hydrogens (tertiary/aromatic N) is 5. The summed E-state index contributed by atoms with van der Waals surface area (Å²) < 4.78 is 3.91. The van der Waals surface area contributed by atoms with E-state index in [0.29, 0.717) is 62.6 Å². The zero-order valence-corrected chi connectivity index (χ0v) is 23.2. The van der Waals surface area contributed by atoms with E-state index in [-0.39, 0.29) is 23.8 Å². The lowest BCUT2D eigenvalue weighted by Crippen LogP contribution is -2.40. The van der Waals surface area contributed by atoms with Crippen LogP contribution in [0, 0.1) is 12.8 Å². The van der Waals surface area contributed by atoms with Gasteiger partial charge in [-0.3, -0.25) is 19.1 Å². The van der Waals surface area contributed by atoms with E-state index in [1.54, 1.807) is 11.1 Å². The molecule has 0 spiro atoms. The summed E-state index contributed by atoms with van der Waals surface area (Å²) in [4.78, 5) is 45.8. The van der Waals surface area contributed by atoms with E-state index in [1.165, 1.54) is 0 Å². The van der Waals surface area contributed by atoms with Gasteiger partial charge in [0.15, 0.2) is 5.69 Å². The number of pyridine rings is 1. The number of carbonyl (C=O) groups is 3. The average molecular weight is 534 g/mol. The second-order valence-corrected chi connectivity index (χ2v) is 11.2. The Labute approximate surface area is 229 Å². The summed E-state index contributed by atoms with van der Waals surface area (Å²) in [5.74, 6) is 0.164. The number of imidazole rings is 1. The zero-order chi connectivity index (χ0) is 27.5. The van der Waals surface area contributed by atoms with Gasteiger partial charge in [-0.05, 0) is 63.5 Å². The molecule has 2 N–H and O–H groups in total. The molecule has 5 rings (SSSR count). The molecule has 0 radical (unpaired) electrons. The highest BCUT2D eigenvalue weighted by Crippen LogP contribution is 2.26. The Bertz CT molecular complexity index is 1370. The molecule has 0 aromatic carbocycles. The van der Waals surface area contributed by atoms with Crippen molar-refractivity contribution in [1.29, 1.82) is 0 Å². The summed E-state index contributed by atoms with van der Waals surface area (Å²) in [6.07, 6.45) is 6.49. The van der Waals surface area contributed by atoms with Gasteiger partial charge >= 0.3 is 0 Å². The van der Waals surface area contributed by atoms with Gasteiger partial charge in [-0.15, -0.1) is 0 Å². The molecule has 4 heterocycles. The Morgan fingerprint density at radius 3 is 2.77 bits per heavy atom. The van der Waals surface area contributed by atoms with Crippen molar-refractivity contribution in [3.05, 3.63) is 52.7 Å². The van der Waals surface area contributed by atoms with E-state index < -0.39 is 0 Å². The number of carbonyl (C=O) groups excluding carboxylic acids is 3. The number of hydrogen-bond donors (Lipinski definition) is 2. The molecule has 0 fully saturated rings. The van der Waals surface area contributed by atoms with Crippen LogP contribution in [0.2, 0.25) is 0 Å². The lowest BCUT2D eigenvalue weighted by atomic mass is 9.91. The Hall–Kier alpha value is -3.69. The number of nitrogens with one attached hydrogen (secondary N) is 2. The number of rotatable bonds is 4. The van der Waals surface area contributed by atoms with Gasteiger partial charge in [0.1, 0.15) is 11.3 Å². The molecule has 2 bridgehead atoms. The Kier molecular flexibility index (Phi) is 7.99. The molecule has 10 nitrogen and oxygen atoms in total. The van der Waals surface area contributed by atoms with Crippen LogP contribution in [-0.4, -0.2) is 67.5 Å². The molecule has 1 unspecified atom stereocenters. The van der Waals surface area contributed by atoms with Crippen molar-refractivity contribution >= 4 is 23.4 Å². The first kappa shape index (κ1) is 26.9. The van der Waals surface area contributed by atoms with Gasteiger partial charge in [-0.1, -0.05) is 19.9 Å².